The summed E-state index contributed by atoms with van der Waals surface area (Å²) in [4.78, 5) is 23.9. The summed E-state index contributed by atoms with van der Waals surface area (Å²) in [5.74, 6) is -0.442. The van der Waals surface area contributed by atoms with Gasteiger partial charge in [-0.2, -0.15) is 11.3 Å². The van der Waals surface area contributed by atoms with E-state index in [9.17, 15) is 14.7 Å². The first-order chi connectivity index (χ1) is 11.0. The predicted octanol–water partition coefficient (Wildman–Crippen LogP) is 2.30. The summed E-state index contributed by atoms with van der Waals surface area (Å²) in [6.07, 6.45) is 3.09. The number of benzene rings is 1. The van der Waals surface area contributed by atoms with Gasteiger partial charge in [-0.15, -0.1) is 0 Å². The molecule has 118 valence electrons. The molecule has 3 aromatic rings. The second-order valence-electron chi connectivity index (χ2n) is 5.14. The molecule has 3 rings (SSSR count). The second-order valence-corrected chi connectivity index (χ2v) is 5.92. The normalized spacial score (nSPS) is 11.4. The fourth-order valence-corrected chi connectivity index (χ4v) is 2.98. The number of fused-ring (bicyclic) bond motifs is 1. The smallest absolute Gasteiger partial charge is 0.328 e. The van der Waals surface area contributed by atoms with Crippen LogP contribution in [-0.2, 0) is 18.9 Å². The Hall–Kier alpha value is -2.80. The van der Waals surface area contributed by atoms with Crippen molar-refractivity contribution in [2.75, 3.05) is 5.32 Å². The zero-order chi connectivity index (χ0) is 16.6. The van der Waals surface area contributed by atoms with E-state index in [-0.39, 0.29) is 23.0 Å². The average Bonchev–Trinajstić information content (AvgIpc) is 3.11. The van der Waals surface area contributed by atoms with Gasteiger partial charge in [0.25, 0.3) is 0 Å². The Labute approximate surface area is 135 Å². The minimum absolute atomic E-state index is 0.0871. The Morgan fingerprint density at radius 2 is 1.96 bits per heavy atom. The largest absolute Gasteiger partial charge is 0.506 e. The Morgan fingerprint density at radius 1 is 1.26 bits per heavy atom. The summed E-state index contributed by atoms with van der Waals surface area (Å²) in [5.41, 5.74) is 2.24. The van der Waals surface area contributed by atoms with Crippen LogP contribution in [0.1, 0.15) is 5.56 Å². The van der Waals surface area contributed by atoms with Gasteiger partial charge in [0.15, 0.2) is 0 Å². The zero-order valence-electron chi connectivity index (χ0n) is 12.6. The molecular formula is C16H15N3O3S. The third-order valence-corrected chi connectivity index (χ3v) is 4.32. The molecule has 23 heavy (non-hydrogen) atoms. The van der Waals surface area contributed by atoms with Crippen molar-refractivity contribution >= 4 is 40.0 Å². The van der Waals surface area contributed by atoms with Gasteiger partial charge >= 0.3 is 5.69 Å². The molecule has 0 saturated carbocycles. The molecule has 0 spiro atoms. The predicted molar refractivity (Wildman–Crippen MR) is 91.8 cm³/mol. The molecule has 6 nitrogen and oxygen atoms in total. The lowest BCUT2D eigenvalue weighted by Crippen LogP contribution is -2.19. The third kappa shape index (κ3) is 2.78. The minimum Gasteiger partial charge on any atom is -0.506 e. The molecule has 0 atom stereocenters. The van der Waals surface area contributed by atoms with E-state index in [1.54, 1.807) is 37.6 Å². The molecule has 1 amide bonds. The van der Waals surface area contributed by atoms with Crippen molar-refractivity contribution in [1.29, 1.82) is 0 Å². The van der Waals surface area contributed by atoms with Crippen molar-refractivity contribution < 1.29 is 9.90 Å². The van der Waals surface area contributed by atoms with Crippen LogP contribution in [0.2, 0.25) is 0 Å². The molecule has 0 unspecified atom stereocenters. The van der Waals surface area contributed by atoms with E-state index in [0.29, 0.717) is 11.0 Å². The van der Waals surface area contributed by atoms with Crippen molar-refractivity contribution in [3.8, 4) is 5.75 Å². The lowest BCUT2D eigenvalue weighted by atomic mass is 10.2. The van der Waals surface area contributed by atoms with E-state index in [4.69, 9.17) is 0 Å². The van der Waals surface area contributed by atoms with E-state index < -0.39 is 0 Å². The quantitative estimate of drug-likeness (QED) is 0.572. The summed E-state index contributed by atoms with van der Waals surface area (Å²) in [6.45, 7) is 0. The molecular weight excluding hydrogens is 314 g/mol. The standard InChI is InChI=1S/C16H15N3O3S/c1-18-12-7-11(14(20)8-13(12)19(2)16(18)22)17-15(21)4-3-10-5-6-23-9-10/h3-9,20H,1-2H3,(H,17,21)/b4-3+. The van der Waals surface area contributed by atoms with Crippen molar-refractivity contribution in [2.24, 2.45) is 14.1 Å². The molecule has 2 heterocycles. The van der Waals surface area contributed by atoms with Crippen molar-refractivity contribution in [3.63, 3.8) is 0 Å². The maximum Gasteiger partial charge on any atom is 0.328 e. The highest BCUT2D eigenvalue weighted by Crippen LogP contribution is 2.28. The number of phenols is 1. The number of thiophene rings is 1. The molecule has 0 aliphatic carbocycles. The monoisotopic (exact) mass is 329 g/mol. The highest BCUT2D eigenvalue weighted by molar-refractivity contribution is 7.08. The fourth-order valence-electron chi connectivity index (χ4n) is 2.35. The van der Waals surface area contributed by atoms with Gasteiger partial charge in [-0.25, -0.2) is 4.79 Å². The number of hydrogen-bond donors (Lipinski definition) is 2. The van der Waals surface area contributed by atoms with Gasteiger partial charge in [0.2, 0.25) is 5.91 Å². The van der Waals surface area contributed by atoms with Crippen LogP contribution in [-0.4, -0.2) is 20.1 Å². The number of nitrogens with zero attached hydrogens (tertiary/aromatic N) is 2. The Bertz CT molecular complexity index is 965. The van der Waals surface area contributed by atoms with Crippen LogP contribution in [0.25, 0.3) is 17.1 Å². The number of phenolic OH excluding ortho intramolecular Hbond substituents is 1. The first kappa shape index (κ1) is 15.1. The van der Waals surface area contributed by atoms with Gasteiger partial charge in [0, 0.05) is 26.2 Å². The second kappa shape index (κ2) is 5.77. The molecule has 0 aliphatic heterocycles. The number of aromatic nitrogens is 2. The lowest BCUT2D eigenvalue weighted by Gasteiger charge is -2.06. The third-order valence-electron chi connectivity index (χ3n) is 3.62. The first-order valence-electron chi connectivity index (χ1n) is 6.87. The van der Waals surface area contributed by atoms with E-state index in [2.05, 4.69) is 5.32 Å². The number of aryl methyl sites for hydroxylation is 2. The summed E-state index contributed by atoms with van der Waals surface area (Å²) in [6, 6.07) is 4.95. The number of carbonyl (C=O) groups excluding carboxylic acids is 1. The zero-order valence-corrected chi connectivity index (χ0v) is 13.4. The Morgan fingerprint density at radius 3 is 2.61 bits per heavy atom. The van der Waals surface area contributed by atoms with Crippen LogP contribution >= 0.6 is 11.3 Å². The average molecular weight is 329 g/mol. The van der Waals surface area contributed by atoms with Crippen LogP contribution in [0.3, 0.4) is 0 Å². The summed E-state index contributed by atoms with van der Waals surface area (Å²) < 4.78 is 2.91. The van der Waals surface area contributed by atoms with Crippen LogP contribution in [0, 0.1) is 0 Å². The number of imidazole rings is 1. The number of nitrogens with one attached hydrogen (secondary N) is 1. The van der Waals surface area contributed by atoms with Crippen LogP contribution in [0.15, 0.2) is 39.8 Å². The molecule has 2 aromatic heterocycles. The van der Waals surface area contributed by atoms with E-state index in [1.165, 1.54) is 21.3 Å². The SMILES string of the molecule is Cn1c(=O)n(C)c2cc(NC(=O)/C=C/c3ccsc3)c(O)cc21. The maximum absolute atomic E-state index is 12.0. The van der Waals surface area contributed by atoms with E-state index in [0.717, 1.165) is 5.56 Å². The highest BCUT2D eigenvalue weighted by atomic mass is 32.1. The number of carbonyl (C=O) groups is 1. The summed E-state index contributed by atoms with van der Waals surface area (Å²) >= 11 is 1.55. The molecule has 0 saturated heterocycles. The number of anilines is 1. The molecule has 7 heteroatoms. The molecule has 0 fully saturated rings. The van der Waals surface area contributed by atoms with Crippen LogP contribution in [0.4, 0.5) is 5.69 Å². The number of amides is 1. The summed E-state index contributed by atoms with van der Waals surface area (Å²) in [5, 5.41) is 16.5. The number of hydrogen-bond acceptors (Lipinski definition) is 4. The lowest BCUT2D eigenvalue weighted by molar-refractivity contribution is -0.111. The maximum atomic E-state index is 12.0. The van der Waals surface area contributed by atoms with Crippen LogP contribution in [0.5, 0.6) is 5.75 Å². The van der Waals surface area contributed by atoms with Gasteiger partial charge in [-0.3, -0.25) is 13.9 Å². The van der Waals surface area contributed by atoms with Crippen molar-refractivity contribution in [1.82, 2.24) is 9.13 Å². The molecule has 1 aromatic carbocycles. The van der Waals surface area contributed by atoms with Gasteiger partial charge in [-0.05, 0) is 34.5 Å². The number of rotatable bonds is 3. The first-order valence-corrected chi connectivity index (χ1v) is 7.81. The Kier molecular flexibility index (Phi) is 3.79. The van der Waals surface area contributed by atoms with Gasteiger partial charge in [0.05, 0.1) is 16.7 Å². The van der Waals surface area contributed by atoms with E-state index in [1.807, 2.05) is 16.8 Å². The van der Waals surface area contributed by atoms with Gasteiger partial charge < -0.3 is 10.4 Å². The van der Waals surface area contributed by atoms with Gasteiger partial charge in [0.1, 0.15) is 5.75 Å². The molecule has 2 N–H and O–H groups in total. The topological polar surface area (TPSA) is 76.3 Å². The number of aromatic hydroxyl groups is 1. The molecule has 0 radical (unpaired) electrons. The molecule has 0 bridgehead atoms. The Balaban J connectivity index is 1.91. The summed E-state index contributed by atoms with van der Waals surface area (Å²) in [7, 11) is 3.27. The fraction of sp³-hybridized carbons (Fsp3) is 0.125. The van der Waals surface area contributed by atoms with Crippen molar-refractivity contribution in [3.05, 3.63) is 51.1 Å². The minimum atomic E-state index is -0.355. The van der Waals surface area contributed by atoms with Crippen molar-refractivity contribution in [2.45, 2.75) is 0 Å². The van der Waals surface area contributed by atoms with E-state index >= 15 is 0 Å². The van der Waals surface area contributed by atoms with Crippen LogP contribution < -0.4 is 11.0 Å². The molecule has 0 aliphatic rings. The highest BCUT2D eigenvalue weighted by Gasteiger charge is 2.13. The van der Waals surface area contributed by atoms with Gasteiger partial charge in [-0.1, -0.05) is 0 Å².